The van der Waals surface area contributed by atoms with E-state index >= 15 is 0 Å². The van der Waals surface area contributed by atoms with E-state index in [9.17, 15) is 13.6 Å². The summed E-state index contributed by atoms with van der Waals surface area (Å²) in [4.78, 5) is 12.0. The Labute approximate surface area is 122 Å². The minimum atomic E-state index is -0.961. The van der Waals surface area contributed by atoms with Gasteiger partial charge in [0, 0.05) is 10.5 Å². The third kappa shape index (κ3) is 2.96. The summed E-state index contributed by atoms with van der Waals surface area (Å²) in [6.07, 6.45) is 0. The molecule has 0 aromatic heterocycles. The Hall–Kier alpha value is -1.95. The number of carbonyl (C=O) groups is 1. The molecule has 6 heteroatoms. The number of benzene rings is 2. The van der Waals surface area contributed by atoms with Gasteiger partial charge in [-0.15, -0.1) is 0 Å². The van der Waals surface area contributed by atoms with E-state index in [0.717, 1.165) is 11.6 Å². The number of anilines is 2. The highest BCUT2D eigenvalue weighted by Gasteiger charge is 2.16. The molecule has 0 saturated heterocycles. The van der Waals surface area contributed by atoms with E-state index in [-0.39, 0.29) is 11.3 Å². The molecular weight excluding hydrogens is 330 g/mol. The summed E-state index contributed by atoms with van der Waals surface area (Å²) in [6.45, 7) is 1.90. The van der Waals surface area contributed by atoms with Gasteiger partial charge in [-0.25, -0.2) is 8.78 Å². The molecule has 0 radical (unpaired) electrons. The topological polar surface area (TPSA) is 55.1 Å². The summed E-state index contributed by atoms with van der Waals surface area (Å²) in [5.74, 6) is -2.55. The maximum absolute atomic E-state index is 13.6. The molecule has 0 spiro atoms. The first kappa shape index (κ1) is 14.5. The van der Waals surface area contributed by atoms with Gasteiger partial charge in [0.2, 0.25) is 0 Å². The Morgan fingerprint density at radius 2 is 1.90 bits per heavy atom. The van der Waals surface area contributed by atoms with Gasteiger partial charge in [-0.1, -0.05) is 6.07 Å². The summed E-state index contributed by atoms with van der Waals surface area (Å²) in [6, 6.07) is 6.86. The fourth-order valence-corrected chi connectivity index (χ4v) is 2.24. The molecule has 0 bridgehead atoms. The van der Waals surface area contributed by atoms with Crippen LogP contribution in [0.2, 0.25) is 0 Å². The van der Waals surface area contributed by atoms with E-state index in [1.807, 2.05) is 13.0 Å². The van der Waals surface area contributed by atoms with E-state index < -0.39 is 17.5 Å². The molecule has 20 heavy (non-hydrogen) atoms. The van der Waals surface area contributed by atoms with Crippen LogP contribution in [0.25, 0.3) is 0 Å². The molecule has 0 aliphatic heterocycles. The molecule has 0 fully saturated rings. The maximum atomic E-state index is 13.6. The number of nitrogens with one attached hydrogen (secondary N) is 1. The lowest BCUT2D eigenvalue weighted by molar-refractivity contribution is 0.102. The first-order chi connectivity index (χ1) is 9.38. The standard InChI is InChI=1S/C14H11BrF2N2O/c1-7-2-3-13(9(15)4-7)19-14(20)8-5-12(18)11(17)6-10(8)16/h2-6H,18H2,1H3,(H,19,20). The monoisotopic (exact) mass is 340 g/mol. The zero-order valence-corrected chi connectivity index (χ0v) is 12.1. The van der Waals surface area contributed by atoms with Gasteiger partial charge < -0.3 is 11.1 Å². The molecule has 104 valence electrons. The first-order valence-corrected chi connectivity index (χ1v) is 6.50. The molecule has 1 amide bonds. The number of nitrogens with two attached hydrogens (primary N) is 1. The molecular formula is C14H11BrF2N2O. The third-order valence-corrected chi connectivity index (χ3v) is 3.36. The van der Waals surface area contributed by atoms with E-state index in [0.29, 0.717) is 16.2 Å². The highest BCUT2D eigenvalue weighted by molar-refractivity contribution is 9.10. The first-order valence-electron chi connectivity index (χ1n) is 5.70. The number of rotatable bonds is 2. The SMILES string of the molecule is Cc1ccc(NC(=O)c2cc(N)c(F)cc2F)c(Br)c1. The van der Waals surface area contributed by atoms with Crippen molar-refractivity contribution >= 4 is 33.2 Å². The van der Waals surface area contributed by atoms with E-state index in [1.54, 1.807) is 12.1 Å². The van der Waals surface area contributed by atoms with Gasteiger partial charge >= 0.3 is 0 Å². The van der Waals surface area contributed by atoms with Crippen molar-refractivity contribution in [3.63, 3.8) is 0 Å². The van der Waals surface area contributed by atoms with E-state index in [1.165, 1.54) is 0 Å². The molecule has 3 nitrogen and oxygen atoms in total. The lowest BCUT2D eigenvalue weighted by atomic mass is 10.1. The second-order valence-electron chi connectivity index (χ2n) is 4.29. The number of hydrogen-bond acceptors (Lipinski definition) is 2. The van der Waals surface area contributed by atoms with Crippen molar-refractivity contribution < 1.29 is 13.6 Å². The molecule has 0 aliphatic rings. The lowest BCUT2D eigenvalue weighted by Crippen LogP contribution is -2.15. The van der Waals surface area contributed by atoms with Crippen LogP contribution in [-0.4, -0.2) is 5.91 Å². The zero-order valence-electron chi connectivity index (χ0n) is 10.5. The van der Waals surface area contributed by atoms with Crippen LogP contribution in [0.5, 0.6) is 0 Å². The predicted molar refractivity (Wildman–Crippen MR) is 77.6 cm³/mol. The number of halogens is 3. The van der Waals surface area contributed by atoms with Crippen LogP contribution in [0.4, 0.5) is 20.2 Å². The Balaban J connectivity index is 2.31. The number of nitrogen functional groups attached to an aromatic ring is 1. The minimum Gasteiger partial charge on any atom is -0.396 e. The largest absolute Gasteiger partial charge is 0.396 e. The van der Waals surface area contributed by atoms with Gasteiger partial charge in [0.1, 0.15) is 11.6 Å². The average molecular weight is 341 g/mol. The molecule has 0 saturated carbocycles. The number of amides is 1. The summed E-state index contributed by atoms with van der Waals surface area (Å²) >= 11 is 3.30. The molecule has 2 aromatic rings. The van der Waals surface area contributed by atoms with Crippen LogP contribution in [-0.2, 0) is 0 Å². The number of hydrogen-bond donors (Lipinski definition) is 2. The van der Waals surface area contributed by atoms with Gasteiger partial charge in [-0.2, -0.15) is 0 Å². The quantitative estimate of drug-likeness (QED) is 0.815. The highest BCUT2D eigenvalue weighted by Crippen LogP contribution is 2.25. The van der Waals surface area contributed by atoms with Crippen LogP contribution < -0.4 is 11.1 Å². The summed E-state index contributed by atoms with van der Waals surface area (Å²) in [7, 11) is 0. The Morgan fingerprint density at radius 1 is 1.20 bits per heavy atom. The van der Waals surface area contributed by atoms with Gasteiger partial charge in [-0.3, -0.25) is 4.79 Å². The van der Waals surface area contributed by atoms with Crippen LogP contribution in [0.1, 0.15) is 15.9 Å². The van der Waals surface area contributed by atoms with E-state index in [4.69, 9.17) is 5.73 Å². The average Bonchev–Trinajstić information content (AvgIpc) is 2.37. The molecule has 0 unspecified atom stereocenters. The van der Waals surface area contributed by atoms with Crippen molar-refractivity contribution in [3.8, 4) is 0 Å². The minimum absolute atomic E-state index is 0.278. The van der Waals surface area contributed by atoms with Crippen LogP contribution >= 0.6 is 15.9 Å². The highest BCUT2D eigenvalue weighted by atomic mass is 79.9. The molecule has 2 aromatic carbocycles. The van der Waals surface area contributed by atoms with Crippen molar-refractivity contribution in [1.82, 2.24) is 0 Å². The van der Waals surface area contributed by atoms with Crippen molar-refractivity contribution in [1.29, 1.82) is 0 Å². The van der Waals surface area contributed by atoms with Crippen LogP contribution in [0, 0.1) is 18.6 Å². The number of carbonyl (C=O) groups excluding carboxylic acids is 1. The molecule has 2 rings (SSSR count). The van der Waals surface area contributed by atoms with E-state index in [2.05, 4.69) is 21.2 Å². The van der Waals surface area contributed by atoms with Gasteiger partial charge in [0.25, 0.3) is 5.91 Å². The van der Waals surface area contributed by atoms with Crippen molar-refractivity contribution in [3.05, 3.63) is 57.6 Å². The summed E-state index contributed by atoms with van der Waals surface area (Å²) < 4.78 is 27.3. The Bertz CT molecular complexity index is 689. The Kier molecular flexibility index (Phi) is 4.04. The molecule has 0 heterocycles. The van der Waals surface area contributed by atoms with Gasteiger partial charge in [-0.05, 0) is 46.6 Å². The zero-order chi connectivity index (χ0) is 14.9. The smallest absolute Gasteiger partial charge is 0.258 e. The summed E-state index contributed by atoms with van der Waals surface area (Å²) in [5, 5.41) is 2.54. The second-order valence-corrected chi connectivity index (χ2v) is 5.15. The third-order valence-electron chi connectivity index (χ3n) is 2.70. The van der Waals surface area contributed by atoms with Gasteiger partial charge in [0.15, 0.2) is 0 Å². The van der Waals surface area contributed by atoms with Crippen molar-refractivity contribution in [2.75, 3.05) is 11.1 Å². The predicted octanol–water partition coefficient (Wildman–Crippen LogP) is 3.87. The normalized spacial score (nSPS) is 10.4. The fourth-order valence-electron chi connectivity index (χ4n) is 1.65. The maximum Gasteiger partial charge on any atom is 0.258 e. The Morgan fingerprint density at radius 3 is 2.55 bits per heavy atom. The molecule has 3 N–H and O–H groups in total. The van der Waals surface area contributed by atoms with Gasteiger partial charge in [0.05, 0.1) is 16.9 Å². The molecule has 0 atom stereocenters. The second kappa shape index (κ2) is 5.58. The summed E-state index contributed by atoms with van der Waals surface area (Å²) in [5.41, 5.74) is 6.25. The number of aryl methyl sites for hydroxylation is 1. The van der Waals surface area contributed by atoms with Crippen LogP contribution in [0.3, 0.4) is 0 Å². The lowest BCUT2D eigenvalue weighted by Gasteiger charge is -2.09. The van der Waals surface area contributed by atoms with Crippen molar-refractivity contribution in [2.24, 2.45) is 0 Å². The van der Waals surface area contributed by atoms with Crippen LogP contribution in [0.15, 0.2) is 34.8 Å². The van der Waals surface area contributed by atoms with Crippen molar-refractivity contribution in [2.45, 2.75) is 6.92 Å². The fraction of sp³-hybridized carbons (Fsp3) is 0.0714. The molecule has 0 aliphatic carbocycles.